The van der Waals surface area contributed by atoms with Gasteiger partial charge in [-0.3, -0.25) is 9.58 Å². The van der Waals surface area contributed by atoms with E-state index < -0.39 is 0 Å². The third kappa shape index (κ3) is 4.89. The van der Waals surface area contributed by atoms with Crippen LogP contribution >= 0.6 is 0 Å². The second-order valence-corrected chi connectivity index (χ2v) is 5.41. The highest BCUT2D eigenvalue weighted by atomic mass is 16.5. The van der Waals surface area contributed by atoms with Gasteiger partial charge >= 0.3 is 0 Å². The smallest absolute Gasteiger partial charge is 0.0964 e. The zero-order valence-corrected chi connectivity index (χ0v) is 12.2. The number of hydrogen-bond acceptors (Lipinski definition) is 5. The Balaban J connectivity index is 1.69. The van der Waals surface area contributed by atoms with Crippen LogP contribution in [0.4, 0.5) is 0 Å². The minimum atomic E-state index is 0.421. The van der Waals surface area contributed by atoms with Gasteiger partial charge in [0.05, 0.1) is 18.8 Å². The summed E-state index contributed by atoms with van der Waals surface area (Å²) in [5.41, 5.74) is 1.03. The maximum absolute atomic E-state index is 5.16. The van der Waals surface area contributed by atoms with Crippen LogP contribution in [0, 0.1) is 0 Å². The van der Waals surface area contributed by atoms with Gasteiger partial charge in [0.2, 0.25) is 0 Å². The monoisotopic (exact) mass is 267 g/mol. The summed E-state index contributed by atoms with van der Waals surface area (Å²) in [4.78, 5) is 2.27. The molecule has 1 aromatic heterocycles. The van der Waals surface area contributed by atoms with Crippen molar-refractivity contribution < 1.29 is 4.74 Å². The summed E-state index contributed by atoms with van der Waals surface area (Å²) in [7, 11) is 3.84. The lowest BCUT2D eigenvalue weighted by molar-refractivity contribution is 0.113. The lowest BCUT2D eigenvalue weighted by Crippen LogP contribution is -2.35. The molecule has 1 fully saturated rings. The molecule has 0 amide bonds. The normalized spacial score (nSPS) is 17.1. The van der Waals surface area contributed by atoms with Crippen molar-refractivity contribution in [2.75, 3.05) is 27.3 Å². The van der Waals surface area contributed by atoms with E-state index in [0.717, 1.165) is 31.9 Å². The van der Waals surface area contributed by atoms with E-state index in [1.165, 1.54) is 12.8 Å². The molecular formula is C13H25N5O. The van der Waals surface area contributed by atoms with E-state index >= 15 is 0 Å². The second-order valence-electron chi connectivity index (χ2n) is 5.41. The predicted molar refractivity (Wildman–Crippen MR) is 73.9 cm³/mol. The lowest BCUT2D eigenvalue weighted by Gasteiger charge is -2.23. The predicted octanol–water partition coefficient (Wildman–Crippen LogP) is 0.497. The Kier molecular flexibility index (Phi) is 5.30. The van der Waals surface area contributed by atoms with Crippen molar-refractivity contribution in [3.05, 3.63) is 11.9 Å². The van der Waals surface area contributed by atoms with E-state index in [0.29, 0.717) is 12.1 Å². The molecule has 1 unspecified atom stereocenters. The zero-order chi connectivity index (χ0) is 13.7. The number of ether oxygens (including phenoxy) is 1. The van der Waals surface area contributed by atoms with Gasteiger partial charge < -0.3 is 10.1 Å². The van der Waals surface area contributed by atoms with Crippen molar-refractivity contribution in [1.29, 1.82) is 0 Å². The fourth-order valence-electron chi connectivity index (χ4n) is 1.91. The second kappa shape index (κ2) is 6.98. The van der Waals surface area contributed by atoms with E-state index in [1.54, 1.807) is 7.11 Å². The highest BCUT2D eigenvalue weighted by Gasteiger charge is 2.20. The van der Waals surface area contributed by atoms with E-state index in [9.17, 15) is 0 Å². The van der Waals surface area contributed by atoms with Gasteiger partial charge in [0, 0.05) is 38.5 Å². The molecule has 108 valence electrons. The van der Waals surface area contributed by atoms with Crippen molar-refractivity contribution in [1.82, 2.24) is 25.2 Å². The summed E-state index contributed by atoms with van der Waals surface area (Å²) >= 11 is 0. The molecule has 1 atom stereocenters. The van der Waals surface area contributed by atoms with Crippen LogP contribution in [0.1, 0.15) is 25.5 Å². The van der Waals surface area contributed by atoms with E-state index in [-0.39, 0.29) is 0 Å². The molecule has 1 N–H and O–H groups in total. The topological polar surface area (TPSA) is 55.2 Å². The summed E-state index contributed by atoms with van der Waals surface area (Å²) in [5, 5.41) is 11.8. The highest BCUT2D eigenvalue weighted by Crippen LogP contribution is 2.18. The van der Waals surface area contributed by atoms with Crippen LogP contribution < -0.4 is 5.32 Å². The number of likely N-dealkylation sites (N-methyl/N-ethyl adjacent to an activating group) is 1. The summed E-state index contributed by atoms with van der Waals surface area (Å²) in [6.45, 7) is 5.56. The Morgan fingerprint density at radius 3 is 3.05 bits per heavy atom. The fraction of sp³-hybridized carbons (Fsp3) is 0.846. The SMILES string of the molecule is COCC(C)N(C)CCn1cc(CNC2CC2)nn1. The number of methoxy groups -OCH3 is 1. The van der Waals surface area contributed by atoms with Crippen molar-refractivity contribution in [2.45, 2.75) is 44.9 Å². The van der Waals surface area contributed by atoms with Crippen LogP contribution in [-0.2, 0) is 17.8 Å². The van der Waals surface area contributed by atoms with Crippen LogP contribution in [0.3, 0.4) is 0 Å². The first-order chi connectivity index (χ1) is 9.19. The molecular weight excluding hydrogens is 242 g/mol. The quantitative estimate of drug-likeness (QED) is 0.706. The number of aromatic nitrogens is 3. The van der Waals surface area contributed by atoms with Gasteiger partial charge in [-0.15, -0.1) is 5.10 Å². The molecule has 0 bridgehead atoms. The van der Waals surface area contributed by atoms with Gasteiger partial charge in [-0.2, -0.15) is 0 Å². The molecule has 1 aliphatic carbocycles. The lowest BCUT2D eigenvalue weighted by atomic mass is 10.3. The minimum Gasteiger partial charge on any atom is -0.383 e. The molecule has 1 saturated carbocycles. The standard InChI is InChI=1S/C13H25N5O/c1-11(10-19-3)17(2)6-7-18-9-13(15-16-18)8-14-12-4-5-12/h9,11-12,14H,4-8,10H2,1-3H3. The Morgan fingerprint density at radius 2 is 2.37 bits per heavy atom. The molecule has 0 saturated heterocycles. The Labute approximate surface area is 115 Å². The first kappa shape index (κ1) is 14.4. The van der Waals surface area contributed by atoms with Gasteiger partial charge in [-0.1, -0.05) is 5.21 Å². The zero-order valence-electron chi connectivity index (χ0n) is 12.2. The van der Waals surface area contributed by atoms with Gasteiger partial charge in [0.15, 0.2) is 0 Å². The summed E-state index contributed by atoms with van der Waals surface area (Å²) in [5.74, 6) is 0. The van der Waals surface area contributed by atoms with Crippen LogP contribution in [0.5, 0.6) is 0 Å². The molecule has 0 spiro atoms. The summed E-state index contributed by atoms with van der Waals surface area (Å²) in [6.07, 6.45) is 4.64. The first-order valence-electron chi connectivity index (χ1n) is 7.00. The first-order valence-corrected chi connectivity index (χ1v) is 7.00. The number of rotatable bonds is 9. The van der Waals surface area contributed by atoms with Gasteiger partial charge in [-0.05, 0) is 26.8 Å². The molecule has 0 aliphatic heterocycles. The summed E-state index contributed by atoms with van der Waals surface area (Å²) in [6, 6.07) is 1.13. The Morgan fingerprint density at radius 1 is 1.58 bits per heavy atom. The molecule has 0 aromatic carbocycles. The largest absolute Gasteiger partial charge is 0.383 e. The van der Waals surface area contributed by atoms with Crippen LogP contribution in [0.25, 0.3) is 0 Å². The molecule has 0 radical (unpaired) electrons. The van der Waals surface area contributed by atoms with Gasteiger partial charge in [0.25, 0.3) is 0 Å². The van der Waals surface area contributed by atoms with Crippen LogP contribution in [0.2, 0.25) is 0 Å². The molecule has 19 heavy (non-hydrogen) atoms. The highest BCUT2D eigenvalue weighted by molar-refractivity contribution is 4.94. The van der Waals surface area contributed by atoms with Crippen molar-refractivity contribution in [3.63, 3.8) is 0 Å². The van der Waals surface area contributed by atoms with Crippen LogP contribution in [0.15, 0.2) is 6.20 Å². The van der Waals surface area contributed by atoms with E-state index in [2.05, 4.69) is 34.5 Å². The minimum absolute atomic E-state index is 0.421. The maximum atomic E-state index is 5.16. The van der Waals surface area contributed by atoms with E-state index in [1.807, 2.05) is 10.9 Å². The maximum Gasteiger partial charge on any atom is 0.0964 e. The molecule has 1 heterocycles. The molecule has 1 aliphatic rings. The number of nitrogens with one attached hydrogen (secondary N) is 1. The molecule has 1 aromatic rings. The number of nitrogens with zero attached hydrogens (tertiary/aromatic N) is 4. The average molecular weight is 267 g/mol. The molecule has 2 rings (SSSR count). The molecule has 6 nitrogen and oxygen atoms in total. The van der Waals surface area contributed by atoms with Crippen molar-refractivity contribution >= 4 is 0 Å². The molecule has 6 heteroatoms. The Bertz CT molecular complexity index is 377. The van der Waals surface area contributed by atoms with E-state index in [4.69, 9.17) is 4.74 Å². The third-order valence-electron chi connectivity index (χ3n) is 3.58. The van der Waals surface area contributed by atoms with Crippen molar-refractivity contribution in [2.24, 2.45) is 0 Å². The van der Waals surface area contributed by atoms with Crippen LogP contribution in [-0.4, -0.2) is 59.3 Å². The fourth-order valence-corrected chi connectivity index (χ4v) is 1.91. The van der Waals surface area contributed by atoms with Crippen molar-refractivity contribution in [3.8, 4) is 0 Å². The Hall–Kier alpha value is -0.980. The summed E-state index contributed by atoms with van der Waals surface area (Å²) < 4.78 is 7.07. The number of hydrogen-bond donors (Lipinski definition) is 1. The van der Waals surface area contributed by atoms with Gasteiger partial charge in [0.1, 0.15) is 0 Å². The average Bonchev–Trinajstić information content (AvgIpc) is 3.12. The third-order valence-corrected chi connectivity index (χ3v) is 3.58. The van der Waals surface area contributed by atoms with Gasteiger partial charge in [-0.25, -0.2) is 0 Å².